The summed E-state index contributed by atoms with van der Waals surface area (Å²) in [6.07, 6.45) is 11.3. The molecule has 0 fully saturated rings. The van der Waals surface area contributed by atoms with E-state index in [2.05, 4.69) is 12.2 Å². The van der Waals surface area contributed by atoms with Gasteiger partial charge in [0.15, 0.2) is 0 Å². The van der Waals surface area contributed by atoms with Crippen molar-refractivity contribution >= 4 is 17.3 Å². The van der Waals surface area contributed by atoms with Crippen molar-refractivity contribution in [1.29, 1.82) is 0 Å². The first-order valence-electron chi connectivity index (χ1n) is 13.4. The predicted molar refractivity (Wildman–Crippen MR) is 140 cm³/mol. The Hall–Kier alpha value is -2.63. The molecular formula is C26H43N3O8. The topological polar surface area (TPSA) is 176 Å². The van der Waals surface area contributed by atoms with Crippen molar-refractivity contribution in [3.05, 3.63) is 44.0 Å². The Labute approximate surface area is 218 Å². The highest BCUT2D eigenvalue weighted by Crippen LogP contribution is 2.25. The maximum atomic E-state index is 12.4. The lowest BCUT2D eigenvalue weighted by molar-refractivity contribution is -0.394. The molecule has 0 aromatic heterocycles. The fourth-order valence-electron chi connectivity index (χ4n) is 4.29. The summed E-state index contributed by atoms with van der Waals surface area (Å²) in [5.74, 6) is -0.729. The van der Waals surface area contributed by atoms with Gasteiger partial charge in [-0.25, -0.2) is 0 Å². The molecule has 0 aliphatic heterocycles. The molecule has 1 rings (SSSR count). The Bertz CT molecular complexity index is 836. The van der Waals surface area contributed by atoms with E-state index in [4.69, 9.17) is 0 Å². The second-order valence-electron chi connectivity index (χ2n) is 9.60. The number of nitrogens with one attached hydrogen (secondary N) is 1. The van der Waals surface area contributed by atoms with Gasteiger partial charge < -0.3 is 20.6 Å². The van der Waals surface area contributed by atoms with Gasteiger partial charge in [-0.2, -0.15) is 0 Å². The van der Waals surface area contributed by atoms with Crippen LogP contribution in [-0.2, 0) is 11.2 Å². The highest BCUT2D eigenvalue weighted by Gasteiger charge is 2.28. The summed E-state index contributed by atoms with van der Waals surface area (Å²) in [7, 11) is 0. The molecule has 0 saturated heterocycles. The van der Waals surface area contributed by atoms with Crippen molar-refractivity contribution < 1.29 is 30.0 Å². The second-order valence-corrected chi connectivity index (χ2v) is 9.60. The lowest BCUT2D eigenvalue weighted by Crippen LogP contribution is -2.51. The van der Waals surface area contributed by atoms with Crippen LogP contribution in [0.3, 0.4) is 0 Å². The van der Waals surface area contributed by atoms with Crippen molar-refractivity contribution in [1.82, 2.24) is 5.32 Å². The second kappa shape index (κ2) is 18.6. The minimum atomic E-state index is -1.41. The lowest BCUT2D eigenvalue weighted by atomic mass is 9.99. The maximum Gasteiger partial charge on any atom is 0.279 e. The number of carbonyl (C=O) groups excluding carboxylic acids is 1. The molecule has 210 valence electrons. The van der Waals surface area contributed by atoms with Crippen LogP contribution in [-0.4, -0.2) is 55.9 Å². The zero-order valence-electron chi connectivity index (χ0n) is 21.8. The van der Waals surface area contributed by atoms with Crippen LogP contribution in [0.15, 0.2) is 18.2 Å². The molecule has 0 radical (unpaired) electrons. The summed E-state index contributed by atoms with van der Waals surface area (Å²) in [5, 5.41) is 54.8. The summed E-state index contributed by atoms with van der Waals surface area (Å²) in [4.78, 5) is 32.9. The average molecular weight is 526 g/mol. The number of rotatable bonds is 21. The SMILES string of the molecule is CCCCCCCCCCCCCCC(O)C(O)C(CO)NC(=O)Cc1ccc([N+](=O)[O-])cc1[N+](=O)[O-]. The summed E-state index contributed by atoms with van der Waals surface area (Å²) in [5.41, 5.74) is -1.09. The van der Waals surface area contributed by atoms with Gasteiger partial charge in [0.2, 0.25) is 5.91 Å². The van der Waals surface area contributed by atoms with Crippen molar-refractivity contribution in [2.75, 3.05) is 6.61 Å². The van der Waals surface area contributed by atoms with E-state index in [1.807, 2.05) is 0 Å². The number of hydrogen-bond donors (Lipinski definition) is 4. The molecule has 0 aliphatic carbocycles. The number of benzene rings is 1. The molecule has 0 heterocycles. The molecule has 0 saturated carbocycles. The maximum absolute atomic E-state index is 12.4. The minimum Gasteiger partial charge on any atom is -0.394 e. The van der Waals surface area contributed by atoms with Crippen LogP contribution in [0.5, 0.6) is 0 Å². The van der Waals surface area contributed by atoms with Crippen LogP contribution in [0.25, 0.3) is 0 Å². The van der Waals surface area contributed by atoms with Gasteiger partial charge in [-0.05, 0) is 12.5 Å². The van der Waals surface area contributed by atoms with Gasteiger partial charge in [0.1, 0.15) is 6.10 Å². The lowest BCUT2D eigenvalue weighted by Gasteiger charge is -2.26. The first-order valence-corrected chi connectivity index (χ1v) is 13.4. The molecule has 0 aliphatic rings. The van der Waals surface area contributed by atoms with Gasteiger partial charge in [-0.3, -0.25) is 25.0 Å². The number of carbonyl (C=O) groups is 1. The first kappa shape index (κ1) is 32.4. The Balaban J connectivity index is 2.37. The third kappa shape index (κ3) is 12.9. The number of aliphatic hydroxyl groups excluding tert-OH is 3. The highest BCUT2D eigenvalue weighted by atomic mass is 16.6. The molecule has 11 nitrogen and oxygen atoms in total. The van der Waals surface area contributed by atoms with Gasteiger partial charge in [-0.15, -0.1) is 0 Å². The van der Waals surface area contributed by atoms with E-state index in [1.54, 1.807) is 0 Å². The molecule has 1 amide bonds. The van der Waals surface area contributed by atoms with E-state index in [-0.39, 0.29) is 5.56 Å². The zero-order valence-corrected chi connectivity index (χ0v) is 21.8. The van der Waals surface area contributed by atoms with Crippen LogP contribution in [0.1, 0.15) is 96.0 Å². The molecule has 11 heteroatoms. The summed E-state index contributed by atoms with van der Waals surface area (Å²) in [6, 6.07) is 1.81. The predicted octanol–water partition coefficient (Wildman–Crippen LogP) is 4.34. The van der Waals surface area contributed by atoms with Gasteiger partial charge in [-0.1, -0.05) is 84.0 Å². The van der Waals surface area contributed by atoms with Crippen molar-refractivity contribution in [2.45, 2.75) is 115 Å². The Kier molecular flexibility index (Phi) is 16.3. The fourth-order valence-corrected chi connectivity index (χ4v) is 4.29. The molecular weight excluding hydrogens is 482 g/mol. The summed E-state index contributed by atoms with van der Waals surface area (Å²) < 4.78 is 0. The molecule has 0 spiro atoms. The Morgan fingerprint density at radius 2 is 1.43 bits per heavy atom. The van der Waals surface area contributed by atoms with Gasteiger partial charge in [0.25, 0.3) is 11.4 Å². The van der Waals surface area contributed by atoms with Crippen molar-refractivity contribution in [3.8, 4) is 0 Å². The van der Waals surface area contributed by atoms with Crippen LogP contribution in [0, 0.1) is 20.2 Å². The Morgan fingerprint density at radius 1 is 0.892 bits per heavy atom. The van der Waals surface area contributed by atoms with Gasteiger partial charge in [0.05, 0.1) is 41.1 Å². The van der Waals surface area contributed by atoms with Gasteiger partial charge in [0, 0.05) is 11.6 Å². The van der Waals surface area contributed by atoms with E-state index in [0.29, 0.717) is 12.8 Å². The normalized spacial score (nSPS) is 13.6. The third-order valence-electron chi connectivity index (χ3n) is 6.53. The smallest absolute Gasteiger partial charge is 0.279 e. The molecule has 4 N–H and O–H groups in total. The molecule has 0 bridgehead atoms. The van der Waals surface area contributed by atoms with E-state index in [9.17, 15) is 40.3 Å². The fraction of sp³-hybridized carbons (Fsp3) is 0.731. The highest BCUT2D eigenvalue weighted by molar-refractivity contribution is 5.80. The van der Waals surface area contributed by atoms with Crippen molar-refractivity contribution in [3.63, 3.8) is 0 Å². The standard InChI is InChI=1S/C26H43N3O8/c1-2-3-4-5-6-7-8-9-10-11-12-13-14-24(31)26(33)22(19-30)27-25(32)17-20-15-16-21(28(34)35)18-23(20)29(36)37/h15-16,18,22,24,26,30-31,33H,2-14,17,19H2,1H3,(H,27,32). The van der Waals surface area contributed by atoms with Crippen LogP contribution < -0.4 is 5.32 Å². The van der Waals surface area contributed by atoms with E-state index in [0.717, 1.165) is 37.5 Å². The minimum absolute atomic E-state index is 0.0451. The zero-order chi connectivity index (χ0) is 27.6. The molecule has 1 aromatic carbocycles. The number of aliphatic hydroxyl groups is 3. The number of nitrogens with zero attached hydrogens (tertiary/aromatic N) is 2. The quantitative estimate of drug-likeness (QED) is 0.104. The molecule has 3 unspecified atom stereocenters. The average Bonchev–Trinajstić information content (AvgIpc) is 2.87. The molecule has 37 heavy (non-hydrogen) atoms. The number of hydrogen-bond acceptors (Lipinski definition) is 8. The van der Waals surface area contributed by atoms with E-state index < -0.39 is 58.4 Å². The summed E-state index contributed by atoms with van der Waals surface area (Å²) >= 11 is 0. The van der Waals surface area contributed by atoms with Crippen molar-refractivity contribution in [2.24, 2.45) is 0 Å². The molecule has 1 aromatic rings. The number of amides is 1. The largest absolute Gasteiger partial charge is 0.394 e. The number of nitro benzene ring substituents is 2. The summed E-state index contributed by atoms with van der Waals surface area (Å²) in [6.45, 7) is 1.58. The monoisotopic (exact) mass is 525 g/mol. The number of nitro groups is 2. The van der Waals surface area contributed by atoms with E-state index >= 15 is 0 Å². The van der Waals surface area contributed by atoms with Crippen LogP contribution >= 0.6 is 0 Å². The van der Waals surface area contributed by atoms with E-state index in [1.165, 1.54) is 51.4 Å². The van der Waals surface area contributed by atoms with Crippen LogP contribution in [0.2, 0.25) is 0 Å². The van der Waals surface area contributed by atoms with Gasteiger partial charge >= 0.3 is 0 Å². The third-order valence-corrected chi connectivity index (χ3v) is 6.53. The number of unbranched alkanes of at least 4 members (excludes halogenated alkanes) is 11. The molecule has 3 atom stereocenters. The van der Waals surface area contributed by atoms with Crippen LogP contribution in [0.4, 0.5) is 11.4 Å². The number of non-ortho nitro benzene ring substituents is 1. The first-order chi connectivity index (χ1) is 17.7. The Morgan fingerprint density at radius 3 is 1.92 bits per heavy atom.